The summed E-state index contributed by atoms with van der Waals surface area (Å²) in [6, 6.07) is 7.77. The van der Waals surface area contributed by atoms with E-state index in [9.17, 15) is 8.42 Å². The van der Waals surface area contributed by atoms with Crippen molar-refractivity contribution in [2.45, 2.75) is 26.2 Å². The standard InChI is InChI=1S/C14H24N2O3S/c1-4-5-12-19-14-8-6-13(7-9-14)10-11-15-20(17,18)16(2)3/h6-9,15H,4-5,10-12H2,1-3H3. The second-order valence-corrected chi connectivity index (χ2v) is 6.75. The third-order valence-electron chi connectivity index (χ3n) is 2.87. The molecule has 114 valence electrons. The lowest BCUT2D eigenvalue weighted by atomic mass is 10.1. The highest BCUT2D eigenvalue weighted by Gasteiger charge is 2.11. The van der Waals surface area contributed by atoms with Gasteiger partial charge in [-0.15, -0.1) is 0 Å². The normalized spacial score (nSPS) is 11.8. The van der Waals surface area contributed by atoms with E-state index >= 15 is 0 Å². The molecule has 0 atom stereocenters. The minimum atomic E-state index is -3.33. The van der Waals surface area contributed by atoms with Gasteiger partial charge in [-0.1, -0.05) is 25.5 Å². The van der Waals surface area contributed by atoms with Gasteiger partial charge in [0.05, 0.1) is 6.61 Å². The molecule has 1 aromatic rings. The highest BCUT2D eigenvalue weighted by Crippen LogP contribution is 2.13. The molecule has 0 aliphatic rings. The van der Waals surface area contributed by atoms with E-state index in [0.29, 0.717) is 13.0 Å². The van der Waals surface area contributed by atoms with Crippen LogP contribution in [0.15, 0.2) is 24.3 Å². The molecule has 20 heavy (non-hydrogen) atoms. The van der Waals surface area contributed by atoms with Crippen molar-refractivity contribution in [2.24, 2.45) is 0 Å². The fourth-order valence-corrected chi connectivity index (χ4v) is 2.16. The van der Waals surface area contributed by atoms with E-state index in [2.05, 4.69) is 11.6 Å². The van der Waals surface area contributed by atoms with Crippen molar-refractivity contribution in [3.05, 3.63) is 29.8 Å². The van der Waals surface area contributed by atoms with Gasteiger partial charge >= 0.3 is 0 Å². The molecule has 6 heteroatoms. The van der Waals surface area contributed by atoms with Gasteiger partial charge < -0.3 is 4.74 Å². The van der Waals surface area contributed by atoms with Crippen molar-refractivity contribution in [3.8, 4) is 5.75 Å². The Bertz CT molecular complexity index is 484. The van der Waals surface area contributed by atoms with E-state index in [1.807, 2.05) is 24.3 Å². The molecule has 0 heterocycles. The molecule has 0 bridgehead atoms. The third-order valence-corrected chi connectivity index (χ3v) is 4.40. The smallest absolute Gasteiger partial charge is 0.278 e. The van der Waals surface area contributed by atoms with Crippen molar-refractivity contribution in [2.75, 3.05) is 27.2 Å². The molecule has 0 spiro atoms. The Labute approximate surface area is 122 Å². The van der Waals surface area contributed by atoms with Crippen molar-refractivity contribution in [3.63, 3.8) is 0 Å². The zero-order valence-corrected chi connectivity index (χ0v) is 13.2. The van der Waals surface area contributed by atoms with Gasteiger partial charge in [0.2, 0.25) is 0 Å². The van der Waals surface area contributed by atoms with Gasteiger partial charge in [0, 0.05) is 20.6 Å². The van der Waals surface area contributed by atoms with E-state index in [-0.39, 0.29) is 0 Å². The summed E-state index contributed by atoms with van der Waals surface area (Å²) in [5.74, 6) is 0.857. The van der Waals surface area contributed by atoms with Crippen LogP contribution in [-0.4, -0.2) is 40.0 Å². The lowest BCUT2D eigenvalue weighted by Crippen LogP contribution is -2.36. The lowest BCUT2D eigenvalue weighted by Gasteiger charge is -2.12. The summed E-state index contributed by atoms with van der Waals surface area (Å²) in [6.07, 6.45) is 2.82. The summed E-state index contributed by atoms with van der Waals surface area (Å²) >= 11 is 0. The van der Waals surface area contributed by atoms with Crippen LogP contribution in [0.5, 0.6) is 5.75 Å². The Hall–Kier alpha value is -1.11. The molecular weight excluding hydrogens is 276 g/mol. The first-order chi connectivity index (χ1) is 9.45. The maximum Gasteiger partial charge on any atom is 0.278 e. The minimum absolute atomic E-state index is 0.385. The van der Waals surface area contributed by atoms with E-state index in [1.165, 1.54) is 14.1 Å². The molecule has 5 nitrogen and oxygen atoms in total. The second-order valence-electron chi connectivity index (χ2n) is 4.78. The van der Waals surface area contributed by atoms with Gasteiger partial charge in [0.15, 0.2) is 0 Å². The molecule has 0 saturated carbocycles. The Kier molecular flexibility index (Phi) is 6.98. The third kappa shape index (κ3) is 5.90. The molecule has 1 aromatic carbocycles. The summed E-state index contributed by atoms with van der Waals surface area (Å²) in [5.41, 5.74) is 1.08. The average molecular weight is 300 g/mol. The second kappa shape index (κ2) is 8.24. The van der Waals surface area contributed by atoms with Crippen LogP contribution in [0.4, 0.5) is 0 Å². The predicted molar refractivity (Wildman–Crippen MR) is 81.2 cm³/mol. The molecule has 1 rings (SSSR count). The number of benzene rings is 1. The van der Waals surface area contributed by atoms with Gasteiger partial charge in [-0.05, 0) is 30.5 Å². The van der Waals surface area contributed by atoms with Crippen LogP contribution in [0.1, 0.15) is 25.3 Å². The summed E-state index contributed by atoms with van der Waals surface area (Å²) in [5, 5.41) is 0. The minimum Gasteiger partial charge on any atom is -0.494 e. The summed E-state index contributed by atoms with van der Waals surface area (Å²) < 4.78 is 32.3. The van der Waals surface area contributed by atoms with E-state index in [0.717, 1.165) is 35.1 Å². The Morgan fingerprint density at radius 2 is 1.85 bits per heavy atom. The number of hydrogen-bond acceptors (Lipinski definition) is 3. The van der Waals surface area contributed by atoms with Crippen LogP contribution in [0, 0.1) is 0 Å². The SMILES string of the molecule is CCCCOc1ccc(CCNS(=O)(=O)N(C)C)cc1. The molecule has 1 N–H and O–H groups in total. The van der Waals surface area contributed by atoms with Gasteiger partial charge in [-0.2, -0.15) is 12.7 Å². The predicted octanol–water partition coefficient (Wildman–Crippen LogP) is 1.80. The molecule has 0 unspecified atom stereocenters. The molecule has 0 amide bonds. The van der Waals surface area contributed by atoms with E-state index in [4.69, 9.17) is 4.74 Å². The summed E-state index contributed by atoms with van der Waals surface area (Å²) in [6.45, 7) is 3.25. The zero-order valence-electron chi connectivity index (χ0n) is 12.4. The lowest BCUT2D eigenvalue weighted by molar-refractivity contribution is 0.309. The monoisotopic (exact) mass is 300 g/mol. The van der Waals surface area contributed by atoms with E-state index < -0.39 is 10.2 Å². The van der Waals surface area contributed by atoms with Gasteiger partial charge in [0.25, 0.3) is 10.2 Å². The number of ether oxygens (including phenoxy) is 1. The zero-order chi connectivity index (χ0) is 15.0. The number of nitrogens with one attached hydrogen (secondary N) is 1. The maximum atomic E-state index is 11.5. The molecule has 0 radical (unpaired) electrons. The van der Waals surface area contributed by atoms with Gasteiger partial charge in [-0.25, -0.2) is 4.72 Å². The van der Waals surface area contributed by atoms with E-state index in [1.54, 1.807) is 0 Å². The van der Waals surface area contributed by atoms with Gasteiger partial charge in [-0.3, -0.25) is 0 Å². The van der Waals surface area contributed by atoms with Crippen molar-refractivity contribution in [1.29, 1.82) is 0 Å². The number of nitrogens with zero attached hydrogens (tertiary/aromatic N) is 1. The fraction of sp³-hybridized carbons (Fsp3) is 0.571. The molecule has 0 aliphatic carbocycles. The molecule has 0 aromatic heterocycles. The highest BCUT2D eigenvalue weighted by atomic mass is 32.2. The number of rotatable bonds is 9. The summed E-state index contributed by atoms with van der Waals surface area (Å²) in [7, 11) is -0.323. The largest absolute Gasteiger partial charge is 0.494 e. The first-order valence-electron chi connectivity index (χ1n) is 6.84. The van der Waals surface area contributed by atoms with Crippen molar-refractivity contribution in [1.82, 2.24) is 9.03 Å². The topological polar surface area (TPSA) is 58.6 Å². The Morgan fingerprint density at radius 1 is 1.20 bits per heavy atom. The Morgan fingerprint density at radius 3 is 2.40 bits per heavy atom. The maximum absolute atomic E-state index is 11.5. The summed E-state index contributed by atoms with van der Waals surface area (Å²) in [4.78, 5) is 0. The first kappa shape index (κ1) is 16.9. The molecule has 0 aliphatic heterocycles. The molecule has 0 fully saturated rings. The number of unbranched alkanes of at least 4 members (excludes halogenated alkanes) is 1. The van der Waals surface area contributed by atoms with Crippen molar-refractivity contribution < 1.29 is 13.2 Å². The Balaban J connectivity index is 2.38. The first-order valence-corrected chi connectivity index (χ1v) is 8.28. The van der Waals surface area contributed by atoms with Crippen LogP contribution < -0.4 is 9.46 Å². The van der Waals surface area contributed by atoms with Crippen LogP contribution in [0.3, 0.4) is 0 Å². The fourth-order valence-electron chi connectivity index (χ4n) is 1.54. The van der Waals surface area contributed by atoms with Crippen molar-refractivity contribution >= 4 is 10.2 Å². The number of hydrogen-bond donors (Lipinski definition) is 1. The van der Waals surface area contributed by atoms with Crippen LogP contribution >= 0.6 is 0 Å². The van der Waals surface area contributed by atoms with Crippen LogP contribution in [-0.2, 0) is 16.6 Å². The molecule has 0 saturated heterocycles. The van der Waals surface area contributed by atoms with Crippen LogP contribution in [0.25, 0.3) is 0 Å². The highest BCUT2D eigenvalue weighted by molar-refractivity contribution is 7.87. The molecular formula is C14H24N2O3S. The average Bonchev–Trinajstić information content (AvgIpc) is 2.40. The quantitative estimate of drug-likeness (QED) is 0.708. The van der Waals surface area contributed by atoms with Crippen LogP contribution in [0.2, 0.25) is 0 Å². The van der Waals surface area contributed by atoms with Gasteiger partial charge in [0.1, 0.15) is 5.75 Å².